The third-order valence-electron chi connectivity index (χ3n) is 2.83. The quantitative estimate of drug-likeness (QED) is 0.484. The molecule has 0 aliphatic carbocycles. The fraction of sp³-hybridized carbons (Fsp3) is 0.800. The van der Waals surface area contributed by atoms with Crippen molar-refractivity contribution in [1.82, 2.24) is 0 Å². The van der Waals surface area contributed by atoms with Crippen molar-refractivity contribution in [1.29, 1.82) is 0 Å². The molecule has 0 saturated carbocycles. The summed E-state index contributed by atoms with van der Waals surface area (Å²) in [7, 11) is 0. The summed E-state index contributed by atoms with van der Waals surface area (Å²) in [5.74, 6) is -1.08. The highest BCUT2D eigenvalue weighted by Crippen LogP contribution is 2.34. The lowest BCUT2D eigenvalue weighted by atomic mass is 9.94. The van der Waals surface area contributed by atoms with Gasteiger partial charge in [-0.25, -0.2) is 0 Å². The second-order valence-corrected chi connectivity index (χ2v) is 3.77. The van der Waals surface area contributed by atoms with Crippen molar-refractivity contribution in [3.8, 4) is 0 Å². The summed E-state index contributed by atoms with van der Waals surface area (Å²) in [5, 5.41) is 0. The van der Waals surface area contributed by atoms with Crippen LogP contribution in [0.4, 0.5) is 0 Å². The summed E-state index contributed by atoms with van der Waals surface area (Å²) in [6.07, 6.45) is 1.91. The summed E-state index contributed by atoms with van der Waals surface area (Å²) >= 11 is 0. The highest BCUT2D eigenvalue weighted by atomic mass is 16.5. The Morgan fingerprint density at radius 1 is 1.57 bits per heavy atom. The number of ketones is 1. The molecule has 78 valence electrons. The zero-order valence-corrected chi connectivity index (χ0v) is 8.19. The molecule has 0 radical (unpaired) electrons. The van der Waals surface area contributed by atoms with E-state index in [9.17, 15) is 9.59 Å². The van der Waals surface area contributed by atoms with Gasteiger partial charge in [-0.05, 0) is 19.8 Å². The number of ether oxygens (including phenoxy) is 2. The zero-order valence-electron chi connectivity index (χ0n) is 8.19. The predicted molar refractivity (Wildman–Crippen MR) is 47.6 cm³/mol. The molecule has 2 aliphatic heterocycles. The fourth-order valence-electron chi connectivity index (χ4n) is 2.20. The summed E-state index contributed by atoms with van der Waals surface area (Å²) in [6.45, 7) is 2.06. The van der Waals surface area contributed by atoms with E-state index in [-0.39, 0.29) is 18.0 Å². The average molecular weight is 198 g/mol. The largest absolute Gasteiger partial charge is 0.465 e. The Morgan fingerprint density at radius 3 is 3.07 bits per heavy atom. The standard InChI is InChI=1S/C10H14O4/c1-2-13-10(12)9-7(11)5-6-3-4-8(9)14-6/h6,8-9H,2-5H2,1H3. The van der Waals surface area contributed by atoms with Crippen LogP contribution in [0.3, 0.4) is 0 Å². The molecule has 0 amide bonds. The molecule has 14 heavy (non-hydrogen) atoms. The summed E-state index contributed by atoms with van der Waals surface area (Å²) in [6, 6.07) is 0. The minimum atomic E-state index is -0.659. The first kappa shape index (κ1) is 9.65. The van der Waals surface area contributed by atoms with Crippen molar-refractivity contribution in [3.05, 3.63) is 0 Å². The Kier molecular flexibility index (Phi) is 2.54. The van der Waals surface area contributed by atoms with Crippen LogP contribution in [0.1, 0.15) is 26.2 Å². The molecule has 4 heteroatoms. The fourth-order valence-corrected chi connectivity index (χ4v) is 2.20. The first-order valence-electron chi connectivity index (χ1n) is 5.07. The van der Waals surface area contributed by atoms with E-state index >= 15 is 0 Å². The molecule has 0 spiro atoms. The van der Waals surface area contributed by atoms with Crippen LogP contribution in [-0.4, -0.2) is 30.6 Å². The second-order valence-electron chi connectivity index (χ2n) is 3.77. The smallest absolute Gasteiger partial charge is 0.319 e. The first-order valence-corrected chi connectivity index (χ1v) is 5.07. The normalized spacial score (nSPS) is 35.8. The number of esters is 1. The maximum absolute atomic E-state index is 11.6. The SMILES string of the molecule is CCOC(=O)C1C(=O)CC2CCC1O2. The van der Waals surface area contributed by atoms with Crippen molar-refractivity contribution in [2.24, 2.45) is 5.92 Å². The average Bonchev–Trinajstić information content (AvgIpc) is 2.48. The molecule has 3 unspecified atom stereocenters. The molecular formula is C10H14O4. The highest BCUT2D eigenvalue weighted by molar-refractivity contribution is 6.00. The Bertz CT molecular complexity index is 261. The van der Waals surface area contributed by atoms with Crippen molar-refractivity contribution < 1.29 is 19.1 Å². The Morgan fingerprint density at radius 2 is 2.36 bits per heavy atom. The number of fused-ring (bicyclic) bond motifs is 2. The maximum atomic E-state index is 11.6. The van der Waals surface area contributed by atoms with E-state index in [2.05, 4.69) is 0 Å². The topological polar surface area (TPSA) is 52.6 Å². The van der Waals surface area contributed by atoms with Crippen molar-refractivity contribution in [3.63, 3.8) is 0 Å². The number of Topliss-reactive ketones (excluding diaryl/α,β-unsaturated/α-hetero) is 1. The van der Waals surface area contributed by atoms with Crippen LogP contribution in [0.5, 0.6) is 0 Å². The molecule has 0 aromatic rings. The molecule has 2 saturated heterocycles. The minimum absolute atomic E-state index is 0.0119. The lowest BCUT2D eigenvalue weighted by molar-refractivity contribution is -0.162. The van der Waals surface area contributed by atoms with Gasteiger partial charge >= 0.3 is 5.97 Å². The number of rotatable bonds is 2. The second kappa shape index (κ2) is 3.69. The third-order valence-corrected chi connectivity index (χ3v) is 2.83. The van der Waals surface area contributed by atoms with Gasteiger partial charge in [0.25, 0.3) is 0 Å². The van der Waals surface area contributed by atoms with Gasteiger partial charge in [-0.2, -0.15) is 0 Å². The summed E-state index contributed by atoms with van der Waals surface area (Å²) in [4.78, 5) is 23.1. The lowest BCUT2D eigenvalue weighted by Crippen LogP contribution is -2.41. The zero-order chi connectivity index (χ0) is 10.1. The van der Waals surface area contributed by atoms with Gasteiger partial charge in [0.1, 0.15) is 5.92 Å². The molecule has 2 aliphatic rings. The van der Waals surface area contributed by atoms with Crippen LogP contribution in [0.15, 0.2) is 0 Å². The van der Waals surface area contributed by atoms with Gasteiger partial charge in [0.15, 0.2) is 5.78 Å². The first-order chi connectivity index (χ1) is 6.72. The van der Waals surface area contributed by atoms with Gasteiger partial charge in [-0.1, -0.05) is 0 Å². The molecule has 3 atom stereocenters. The summed E-state index contributed by atoms with van der Waals surface area (Å²) in [5.41, 5.74) is 0. The van der Waals surface area contributed by atoms with Crippen molar-refractivity contribution in [2.75, 3.05) is 6.61 Å². The molecular weight excluding hydrogens is 184 g/mol. The molecule has 4 nitrogen and oxygen atoms in total. The van der Waals surface area contributed by atoms with Crippen LogP contribution < -0.4 is 0 Å². The molecule has 2 heterocycles. The molecule has 0 aromatic heterocycles. The van der Waals surface area contributed by atoms with Gasteiger partial charge in [0.2, 0.25) is 0 Å². The van der Waals surface area contributed by atoms with Crippen LogP contribution in [0.25, 0.3) is 0 Å². The van der Waals surface area contributed by atoms with Crippen LogP contribution in [0.2, 0.25) is 0 Å². The van der Waals surface area contributed by atoms with Gasteiger partial charge in [0, 0.05) is 6.42 Å². The number of hydrogen-bond donors (Lipinski definition) is 0. The van der Waals surface area contributed by atoms with Crippen molar-refractivity contribution >= 4 is 11.8 Å². The van der Waals surface area contributed by atoms with E-state index in [1.807, 2.05) is 0 Å². The molecule has 2 bridgehead atoms. The monoisotopic (exact) mass is 198 g/mol. The Labute approximate surface area is 82.6 Å². The molecule has 2 fully saturated rings. The Balaban J connectivity index is 2.08. The van der Waals surface area contributed by atoms with Gasteiger partial charge in [0.05, 0.1) is 18.8 Å². The van der Waals surface area contributed by atoms with E-state index in [4.69, 9.17) is 9.47 Å². The van der Waals surface area contributed by atoms with E-state index in [1.165, 1.54) is 0 Å². The van der Waals surface area contributed by atoms with Gasteiger partial charge in [-0.15, -0.1) is 0 Å². The number of hydrogen-bond acceptors (Lipinski definition) is 4. The van der Waals surface area contributed by atoms with Crippen LogP contribution in [-0.2, 0) is 19.1 Å². The molecule has 0 N–H and O–H groups in total. The number of carbonyl (C=O) groups is 2. The van der Waals surface area contributed by atoms with Gasteiger partial charge in [-0.3, -0.25) is 9.59 Å². The maximum Gasteiger partial charge on any atom is 0.319 e. The highest BCUT2D eigenvalue weighted by Gasteiger charge is 2.46. The van der Waals surface area contributed by atoms with E-state index in [1.54, 1.807) is 6.92 Å². The third kappa shape index (κ3) is 1.54. The van der Waals surface area contributed by atoms with E-state index < -0.39 is 11.9 Å². The Hall–Kier alpha value is -0.900. The summed E-state index contributed by atoms with van der Waals surface area (Å²) < 4.78 is 10.4. The lowest BCUT2D eigenvalue weighted by Gasteiger charge is -2.26. The predicted octanol–water partition coefficient (Wildman–Crippen LogP) is 0.686. The van der Waals surface area contributed by atoms with E-state index in [0.717, 1.165) is 12.8 Å². The number of carbonyl (C=O) groups excluding carboxylic acids is 2. The van der Waals surface area contributed by atoms with E-state index in [0.29, 0.717) is 13.0 Å². The molecule has 2 rings (SSSR count). The van der Waals surface area contributed by atoms with Crippen molar-refractivity contribution in [2.45, 2.75) is 38.4 Å². The minimum Gasteiger partial charge on any atom is -0.465 e. The van der Waals surface area contributed by atoms with Gasteiger partial charge < -0.3 is 9.47 Å². The van der Waals surface area contributed by atoms with Crippen LogP contribution in [0, 0.1) is 5.92 Å². The molecule has 0 aromatic carbocycles. The van der Waals surface area contributed by atoms with Crippen LogP contribution >= 0.6 is 0 Å².